The van der Waals surface area contributed by atoms with Gasteiger partial charge < -0.3 is 0 Å². The van der Waals surface area contributed by atoms with Crippen LogP contribution in [0.1, 0.15) is 24.0 Å². The predicted octanol–water partition coefficient (Wildman–Crippen LogP) is 4.71. The first-order valence-corrected chi connectivity index (χ1v) is 6.19. The molecule has 0 saturated heterocycles. The van der Waals surface area contributed by atoms with E-state index in [1.165, 1.54) is 0 Å². The third-order valence-corrected chi connectivity index (χ3v) is 3.18. The molecule has 0 radical (unpaired) electrons. The average Bonchev–Trinajstić information content (AvgIpc) is 2.16. The first-order valence-electron chi connectivity index (χ1n) is 4.27. The highest BCUT2D eigenvalue weighted by Gasteiger charge is 2.11. The van der Waals surface area contributed by atoms with Gasteiger partial charge in [-0.3, -0.25) is 0 Å². The molecule has 0 aromatic heterocycles. The molecular weight excluding hydrogens is 318 g/mol. The molecule has 0 spiro atoms. The van der Waals surface area contributed by atoms with Gasteiger partial charge in [0.25, 0.3) is 6.43 Å². The Balaban J connectivity index is 2.83. The lowest BCUT2D eigenvalue weighted by atomic mass is 10.1. The fourth-order valence-electron chi connectivity index (χ4n) is 1.19. The summed E-state index contributed by atoms with van der Waals surface area (Å²) in [6.45, 7) is 0. The van der Waals surface area contributed by atoms with E-state index in [4.69, 9.17) is 0 Å². The van der Waals surface area contributed by atoms with Crippen LogP contribution in [0.4, 0.5) is 8.78 Å². The summed E-state index contributed by atoms with van der Waals surface area (Å²) in [6, 6.07) is 5.13. The summed E-state index contributed by atoms with van der Waals surface area (Å²) in [5, 5.41) is 0.896. The Morgan fingerprint density at radius 2 is 2.00 bits per heavy atom. The van der Waals surface area contributed by atoms with Gasteiger partial charge in [0.2, 0.25) is 0 Å². The minimum atomic E-state index is -2.41. The minimum absolute atomic E-state index is 0.0806. The van der Waals surface area contributed by atoms with Crippen LogP contribution in [0.5, 0.6) is 0 Å². The van der Waals surface area contributed by atoms with E-state index in [0.29, 0.717) is 4.47 Å². The Morgan fingerprint density at radius 1 is 1.29 bits per heavy atom. The Hall–Kier alpha value is 0.0400. The van der Waals surface area contributed by atoms with E-state index < -0.39 is 6.43 Å². The Morgan fingerprint density at radius 3 is 2.57 bits per heavy atom. The highest BCUT2D eigenvalue weighted by atomic mass is 79.9. The minimum Gasteiger partial charge on any atom is -0.205 e. The molecule has 0 aliphatic heterocycles. The summed E-state index contributed by atoms with van der Waals surface area (Å²) in [5.74, 6) is 0. The Labute approximate surface area is 99.0 Å². The predicted molar refractivity (Wildman–Crippen MR) is 61.2 cm³/mol. The van der Waals surface area contributed by atoms with Crippen LogP contribution < -0.4 is 0 Å². The zero-order valence-electron chi connectivity index (χ0n) is 7.44. The molecule has 0 bridgehead atoms. The van der Waals surface area contributed by atoms with Crippen molar-refractivity contribution in [3.63, 3.8) is 0 Å². The van der Waals surface area contributed by atoms with Crippen molar-refractivity contribution >= 4 is 31.9 Å². The Bertz CT molecular complexity index is 300. The summed E-state index contributed by atoms with van der Waals surface area (Å²) in [4.78, 5) is 0. The van der Waals surface area contributed by atoms with Gasteiger partial charge in [-0.05, 0) is 30.5 Å². The summed E-state index contributed by atoms with van der Waals surface area (Å²) < 4.78 is 25.5. The lowest BCUT2D eigenvalue weighted by Crippen LogP contribution is -1.91. The Kier molecular flexibility index (Phi) is 5.02. The number of hydrogen-bond acceptors (Lipinski definition) is 0. The molecule has 1 rings (SSSR count). The number of aryl methyl sites for hydroxylation is 1. The van der Waals surface area contributed by atoms with E-state index in [1.54, 1.807) is 12.1 Å². The molecule has 1 aromatic carbocycles. The van der Waals surface area contributed by atoms with Crippen LogP contribution in [0, 0.1) is 0 Å². The van der Waals surface area contributed by atoms with Crippen molar-refractivity contribution in [2.24, 2.45) is 0 Å². The number of halogens is 4. The maximum Gasteiger partial charge on any atom is 0.264 e. The molecule has 4 heteroatoms. The molecule has 0 N–H and O–H groups in total. The molecular formula is C10H10Br2F2. The van der Waals surface area contributed by atoms with E-state index in [2.05, 4.69) is 31.9 Å². The molecule has 0 saturated carbocycles. The van der Waals surface area contributed by atoms with Gasteiger partial charge >= 0.3 is 0 Å². The monoisotopic (exact) mass is 326 g/mol. The van der Waals surface area contributed by atoms with Crippen molar-refractivity contribution in [1.29, 1.82) is 0 Å². The van der Waals surface area contributed by atoms with E-state index in [-0.39, 0.29) is 5.56 Å². The maximum absolute atomic E-state index is 12.5. The molecule has 0 amide bonds. The molecule has 0 nitrogen and oxygen atoms in total. The molecule has 0 aliphatic rings. The van der Waals surface area contributed by atoms with Gasteiger partial charge in [-0.1, -0.05) is 37.9 Å². The molecule has 0 heterocycles. The third kappa shape index (κ3) is 3.31. The topological polar surface area (TPSA) is 0 Å². The van der Waals surface area contributed by atoms with Crippen LogP contribution in [0.25, 0.3) is 0 Å². The molecule has 0 fully saturated rings. The van der Waals surface area contributed by atoms with Crippen LogP contribution in [0.2, 0.25) is 0 Å². The lowest BCUT2D eigenvalue weighted by molar-refractivity contribution is 0.150. The van der Waals surface area contributed by atoms with Crippen LogP contribution in [-0.2, 0) is 6.42 Å². The highest BCUT2D eigenvalue weighted by Crippen LogP contribution is 2.28. The van der Waals surface area contributed by atoms with Gasteiger partial charge in [0, 0.05) is 15.4 Å². The maximum atomic E-state index is 12.5. The van der Waals surface area contributed by atoms with Crippen molar-refractivity contribution in [2.45, 2.75) is 19.3 Å². The van der Waals surface area contributed by atoms with E-state index >= 15 is 0 Å². The number of benzene rings is 1. The zero-order chi connectivity index (χ0) is 10.6. The summed E-state index contributed by atoms with van der Waals surface area (Å²) in [7, 11) is 0. The van der Waals surface area contributed by atoms with Gasteiger partial charge in [0.1, 0.15) is 0 Å². The van der Waals surface area contributed by atoms with Gasteiger partial charge in [-0.15, -0.1) is 0 Å². The fraction of sp³-hybridized carbons (Fsp3) is 0.400. The van der Waals surface area contributed by atoms with Crippen LogP contribution in [0.3, 0.4) is 0 Å². The van der Waals surface area contributed by atoms with E-state index in [1.807, 2.05) is 6.07 Å². The van der Waals surface area contributed by atoms with Crippen molar-refractivity contribution < 1.29 is 8.78 Å². The molecule has 78 valence electrons. The fourth-order valence-corrected chi connectivity index (χ4v) is 1.89. The smallest absolute Gasteiger partial charge is 0.205 e. The lowest BCUT2D eigenvalue weighted by Gasteiger charge is -2.06. The van der Waals surface area contributed by atoms with Crippen molar-refractivity contribution in [1.82, 2.24) is 0 Å². The third-order valence-electron chi connectivity index (χ3n) is 1.89. The summed E-state index contributed by atoms with van der Waals surface area (Å²) in [6.07, 6.45) is -0.615. The van der Waals surface area contributed by atoms with Gasteiger partial charge in [0.15, 0.2) is 0 Å². The SMILES string of the molecule is FC(F)c1cc(CCCBr)ccc1Br. The second-order valence-electron chi connectivity index (χ2n) is 2.95. The standard InChI is InChI=1S/C10H10Br2F2/c11-5-1-2-7-3-4-9(12)8(6-7)10(13)14/h3-4,6,10H,1-2,5H2. The molecule has 1 aromatic rings. The van der Waals surface area contributed by atoms with Gasteiger partial charge in [-0.2, -0.15) is 0 Å². The van der Waals surface area contributed by atoms with Gasteiger partial charge in [-0.25, -0.2) is 8.78 Å². The highest BCUT2D eigenvalue weighted by molar-refractivity contribution is 9.10. The molecule has 0 aliphatic carbocycles. The summed E-state index contributed by atoms with van der Waals surface area (Å²) in [5.41, 5.74) is 1.04. The number of hydrogen-bond donors (Lipinski definition) is 0. The van der Waals surface area contributed by atoms with Crippen molar-refractivity contribution in [2.75, 3.05) is 5.33 Å². The second kappa shape index (κ2) is 5.81. The van der Waals surface area contributed by atoms with Crippen LogP contribution in [-0.4, -0.2) is 5.33 Å². The largest absolute Gasteiger partial charge is 0.264 e. The number of alkyl halides is 3. The van der Waals surface area contributed by atoms with E-state index in [0.717, 1.165) is 23.7 Å². The van der Waals surface area contributed by atoms with Gasteiger partial charge in [0.05, 0.1) is 0 Å². The van der Waals surface area contributed by atoms with E-state index in [9.17, 15) is 8.78 Å². The van der Waals surface area contributed by atoms with Crippen LogP contribution in [0.15, 0.2) is 22.7 Å². The second-order valence-corrected chi connectivity index (χ2v) is 4.60. The number of rotatable bonds is 4. The first-order chi connectivity index (χ1) is 6.65. The molecule has 0 unspecified atom stereocenters. The average molecular weight is 328 g/mol. The quantitative estimate of drug-likeness (QED) is 0.702. The van der Waals surface area contributed by atoms with Crippen molar-refractivity contribution in [3.8, 4) is 0 Å². The first kappa shape index (κ1) is 12.1. The van der Waals surface area contributed by atoms with Crippen molar-refractivity contribution in [3.05, 3.63) is 33.8 Å². The normalized spacial score (nSPS) is 10.9. The zero-order valence-corrected chi connectivity index (χ0v) is 10.6. The molecule has 0 atom stereocenters. The van der Waals surface area contributed by atoms with Crippen LogP contribution >= 0.6 is 31.9 Å². The molecule has 14 heavy (non-hydrogen) atoms. The summed E-state index contributed by atoms with van der Waals surface area (Å²) >= 11 is 6.42.